The minimum atomic E-state index is -0.862. The van der Waals surface area contributed by atoms with Crippen LogP contribution in [0.4, 0.5) is 0 Å². The number of nitrogens with one attached hydrogen (secondary N) is 1. The van der Waals surface area contributed by atoms with Crippen molar-refractivity contribution in [2.75, 3.05) is 6.61 Å². The van der Waals surface area contributed by atoms with Crippen LogP contribution in [0.25, 0.3) is 0 Å². The summed E-state index contributed by atoms with van der Waals surface area (Å²) in [7, 11) is 0. The van der Waals surface area contributed by atoms with E-state index in [1.807, 2.05) is 0 Å². The summed E-state index contributed by atoms with van der Waals surface area (Å²) in [6.45, 7) is -0.343. The SMILES string of the molecule is O=c1[nH]c(=O)n([C@@H]2C[C@H](O)[C@@H](CO)O2)cc1C#CBr. The smallest absolute Gasteiger partial charge is 0.330 e. The number of halogens is 1. The highest BCUT2D eigenvalue weighted by Crippen LogP contribution is 2.27. The van der Waals surface area contributed by atoms with Gasteiger partial charge in [0.25, 0.3) is 5.56 Å². The number of hydrogen-bond donors (Lipinski definition) is 3. The van der Waals surface area contributed by atoms with E-state index < -0.39 is 29.7 Å². The fourth-order valence-electron chi connectivity index (χ4n) is 1.89. The summed E-state index contributed by atoms with van der Waals surface area (Å²) in [5, 5.41) is 18.6. The van der Waals surface area contributed by atoms with Gasteiger partial charge in [-0.3, -0.25) is 14.3 Å². The first kappa shape index (κ1) is 14.0. The van der Waals surface area contributed by atoms with Crippen molar-refractivity contribution in [1.82, 2.24) is 9.55 Å². The molecule has 1 aromatic rings. The number of nitrogens with zero attached hydrogens (tertiary/aromatic N) is 1. The number of aromatic amines is 1. The first-order valence-electron chi connectivity index (χ1n) is 5.48. The van der Waals surface area contributed by atoms with E-state index in [9.17, 15) is 14.7 Å². The van der Waals surface area contributed by atoms with Crippen molar-refractivity contribution >= 4 is 15.9 Å². The number of ether oxygens (including phenoxy) is 1. The van der Waals surface area contributed by atoms with Crippen LogP contribution in [0.5, 0.6) is 0 Å². The zero-order valence-corrected chi connectivity index (χ0v) is 11.3. The molecule has 0 bridgehead atoms. The Labute approximate surface area is 116 Å². The van der Waals surface area contributed by atoms with E-state index in [1.54, 1.807) is 0 Å². The highest BCUT2D eigenvalue weighted by molar-refractivity contribution is 9.12. The van der Waals surface area contributed by atoms with Gasteiger partial charge in [0, 0.05) is 28.5 Å². The predicted molar refractivity (Wildman–Crippen MR) is 68.7 cm³/mol. The second-order valence-electron chi connectivity index (χ2n) is 4.04. The van der Waals surface area contributed by atoms with E-state index in [0.717, 1.165) is 4.57 Å². The number of aromatic nitrogens is 2. The van der Waals surface area contributed by atoms with Gasteiger partial charge in [0.05, 0.1) is 12.7 Å². The molecule has 0 radical (unpaired) electrons. The fourth-order valence-corrected chi connectivity index (χ4v) is 2.10. The average Bonchev–Trinajstić information content (AvgIpc) is 2.74. The van der Waals surface area contributed by atoms with Crippen molar-refractivity contribution in [1.29, 1.82) is 0 Å². The van der Waals surface area contributed by atoms with Gasteiger partial charge in [-0.15, -0.1) is 0 Å². The predicted octanol–water partition coefficient (Wildman–Crippen LogP) is -1.12. The van der Waals surface area contributed by atoms with Crippen molar-refractivity contribution in [3.63, 3.8) is 0 Å². The molecule has 3 atom stereocenters. The van der Waals surface area contributed by atoms with Gasteiger partial charge in [-0.05, 0) is 10.8 Å². The molecule has 3 N–H and O–H groups in total. The van der Waals surface area contributed by atoms with Crippen LogP contribution in [-0.2, 0) is 4.74 Å². The molecule has 1 aliphatic rings. The van der Waals surface area contributed by atoms with Crippen LogP contribution in [0, 0.1) is 10.8 Å². The van der Waals surface area contributed by atoms with Crippen LogP contribution in [-0.4, -0.2) is 38.6 Å². The maximum Gasteiger partial charge on any atom is 0.330 e. The molecule has 19 heavy (non-hydrogen) atoms. The number of hydrogen-bond acceptors (Lipinski definition) is 5. The minimum absolute atomic E-state index is 0.0991. The molecule has 0 spiro atoms. The Hall–Kier alpha value is -1.40. The highest BCUT2D eigenvalue weighted by atomic mass is 79.9. The molecular weight excluding hydrogens is 320 g/mol. The fraction of sp³-hybridized carbons (Fsp3) is 0.455. The maximum absolute atomic E-state index is 11.7. The van der Waals surface area contributed by atoms with Gasteiger partial charge < -0.3 is 14.9 Å². The third kappa shape index (κ3) is 2.79. The lowest BCUT2D eigenvalue weighted by molar-refractivity contribution is -0.0459. The van der Waals surface area contributed by atoms with Crippen molar-refractivity contribution in [2.24, 2.45) is 0 Å². The lowest BCUT2D eigenvalue weighted by Crippen LogP contribution is -2.33. The van der Waals surface area contributed by atoms with Gasteiger partial charge in [0.2, 0.25) is 0 Å². The minimum Gasteiger partial charge on any atom is -0.394 e. The Morgan fingerprint density at radius 1 is 1.58 bits per heavy atom. The zero-order chi connectivity index (χ0) is 14.0. The van der Waals surface area contributed by atoms with Gasteiger partial charge in [-0.2, -0.15) is 0 Å². The van der Waals surface area contributed by atoms with Crippen molar-refractivity contribution in [3.05, 3.63) is 32.6 Å². The third-order valence-electron chi connectivity index (χ3n) is 2.84. The van der Waals surface area contributed by atoms with E-state index in [2.05, 4.69) is 31.7 Å². The number of aliphatic hydroxyl groups excluding tert-OH is 2. The van der Waals surface area contributed by atoms with Crippen molar-refractivity contribution in [3.8, 4) is 10.8 Å². The summed E-state index contributed by atoms with van der Waals surface area (Å²) in [6.07, 6.45) is -0.924. The monoisotopic (exact) mass is 330 g/mol. The van der Waals surface area contributed by atoms with E-state index in [0.29, 0.717) is 0 Å². The van der Waals surface area contributed by atoms with E-state index in [4.69, 9.17) is 9.84 Å². The summed E-state index contributed by atoms with van der Waals surface area (Å²) < 4.78 is 6.49. The van der Waals surface area contributed by atoms with Crippen LogP contribution in [0.3, 0.4) is 0 Å². The lowest BCUT2D eigenvalue weighted by Gasteiger charge is -2.14. The topological polar surface area (TPSA) is 105 Å². The molecule has 7 nitrogen and oxygen atoms in total. The first-order chi connectivity index (χ1) is 9.06. The summed E-state index contributed by atoms with van der Waals surface area (Å²) in [5.74, 6) is 2.50. The maximum atomic E-state index is 11.7. The molecule has 102 valence electrons. The second kappa shape index (κ2) is 5.71. The molecule has 1 saturated heterocycles. The summed E-state index contributed by atoms with van der Waals surface area (Å²) in [6, 6.07) is 0. The highest BCUT2D eigenvalue weighted by Gasteiger charge is 2.35. The van der Waals surface area contributed by atoms with Gasteiger partial charge in [0.15, 0.2) is 0 Å². The second-order valence-corrected chi connectivity index (χ2v) is 4.44. The Bertz CT molecular complexity index is 641. The quantitative estimate of drug-likeness (QED) is 0.596. The molecule has 1 fully saturated rings. The molecule has 0 saturated carbocycles. The molecule has 2 heterocycles. The molecular formula is C11H11BrN2O5. The van der Waals surface area contributed by atoms with Gasteiger partial charge in [0.1, 0.15) is 17.9 Å². The van der Waals surface area contributed by atoms with Crippen LogP contribution in [0.2, 0.25) is 0 Å². The van der Waals surface area contributed by atoms with Gasteiger partial charge in [-0.1, -0.05) is 0 Å². The van der Waals surface area contributed by atoms with Gasteiger partial charge >= 0.3 is 5.69 Å². The molecule has 0 aliphatic carbocycles. The van der Waals surface area contributed by atoms with E-state index >= 15 is 0 Å². The number of H-pyrrole nitrogens is 1. The zero-order valence-electron chi connectivity index (χ0n) is 9.67. The lowest BCUT2D eigenvalue weighted by atomic mass is 10.2. The normalized spacial score (nSPS) is 25.9. The molecule has 2 rings (SSSR count). The summed E-state index contributed by atoms with van der Waals surface area (Å²) in [4.78, 5) is 27.7. The molecule has 0 amide bonds. The Kier molecular flexibility index (Phi) is 4.21. The number of aliphatic hydroxyl groups is 2. The largest absolute Gasteiger partial charge is 0.394 e. The number of rotatable bonds is 2. The van der Waals surface area contributed by atoms with Crippen molar-refractivity contribution in [2.45, 2.75) is 24.9 Å². The van der Waals surface area contributed by atoms with E-state index in [1.165, 1.54) is 6.20 Å². The summed E-state index contributed by atoms with van der Waals surface area (Å²) >= 11 is 2.87. The van der Waals surface area contributed by atoms with Crippen molar-refractivity contribution < 1.29 is 14.9 Å². The summed E-state index contributed by atoms with van der Waals surface area (Å²) in [5.41, 5.74) is -1.15. The Morgan fingerprint density at radius 2 is 2.32 bits per heavy atom. The molecule has 1 aromatic heterocycles. The molecule has 0 unspecified atom stereocenters. The average molecular weight is 331 g/mol. The van der Waals surface area contributed by atoms with Crippen LogP contribution >= 0.6 is 15.9 Å². The molecule has 0 aromatic carbocycles. The van der Waals surface area contributed by atoms with Crippen LogP contribution in [0.1, 0.15) is 18.2 Å². The Morgan fingerprint density at radius 3 is 2.89 bits per heavy atom. The van der Waals surface area contributed by atoms with Crippen LogP contribution < -0.4 is 11.2 Å². The molecule has 1 aliphatic heterocycles. The third-order valence-corrected chi connectivity index (χ3v) is 3.04. The Balaban J connectivity index is 2.40. The van der Waals surface area contributed by atoms with E-state index in [-0.39, 0.29) is 18.6 Å². The molecule has 8 heteroatoms. The first-order valence-corrected chi connectivity index (χ1v) is 6.27. The van der Waals surface area contributed by atoms with Crippen LogP contribution in [0.15, 0.2) is 15.8 Å². The standard InChI is InChI=1S/C11H11BrN2O5/c12-2-1-6-4-14(11(18)13-10(6)17)9-3-7(16)8(5-15)19-9/h4,7-9,15-16H,3,5H2,(H,13,17,18)/t7-,8+,9-/m0/s1. The van der Waals surface area contributed by atoms with Gasteiger partial charge in [-0.25, -0.2) is 4.79 Å².